The first-order valence-electron chi connectivity index (χ1n) is 4.07. The minimum Gasteiger partial charge on any atom is -0.394 e. The molecule has 0 saturated carbocycles. The van der Waals surface area contributed by atoms with Crippen LogP contribution in [0.1, 0.15) is 0 Å². The summed E-state index contributed by atoms with van der Waals surface area (Å²) in [6.07, 6.45) is 3.77. The third-order valence-electron chi connectivity index (χ3n) is 1.77. The fourth-order valence-electron chi connectivity index (χ4n) is 1.16. The Labute approximate surface area is 80.3 Å². The van der Waals surface area contributed by atoms with Crippen molar-refractivity contribution in [3.05, 3.63) is 29.9 Å². The van der Waals surface area contributed by atoms with E-state index in [9.17, 15) is 0 Å². The first-order valence-corrected chi connectivity index (χ1v) is 4.95. The van der Waals surface area contributed by atoms with Gasteiger partial charge >= 0.3 is 0 Å². The Morgan fingerprint density at radius 3 is 3.15 bits per heavy atom. The van der Waals surface area contributed by atoms with Crippen molar-refractivity contribution in [2.75, 3.05) is 6.61 Å². The predicted molar refractivity (Wildman–Crippen MR) is 52.6 cm³/mol. The van der Waals surface area contributed by atoms with E-state index in [0.717, 1.165) is 5.56 Å². The number of aliphatic hydroxyl groups is 1. The highest BCUT2D eigenvalue weighted by molar-refractivity contribution is 7.13. The van der Waals surface area contributed by atoms with Crippen LogP contribution >= 0.6 is 11.3 Å². The molecular weight excluding hydrogens is 184 g/mol. The lowest BCUT2D eigenvalue weighted by atomic mass is 10.3. The molecule has 1 N–H and O–H groups in total. The lowest BCUT2D eigenvalue weighted by Crippen LogP contribution is -2.01. The molecule has 0 bridgehead atoms. The zero-order valence-electron chi connectivity index (χ0n) is 7.05. The summed E-state index contributed by atoms with van der Waals surface area (Å²) in [6, 6.07) is 4.08. The van der Waals surface area contributed by atoms with Crippen LogP contribution in [0.5, 0.6) is 0 Å². The van der Waals surface area contributed by atoms with Crippen molar-refractivity contribution < 1.29 is 5.11 Å². The molecule has 3 nitrogen and oxygen atoms in total. The summed E-state index contributed by atoms with van der Waals surface area (Å²) in [5.74, 6) is 0. The number of aliphatic hydroxyl groups excluding tert-OH is 1. The van der Waals surface area contributed by atoms with Crippen molar-refractivity contribution in [1.29, 1.82) is 0 Å². The van der Waals surface area contributed by atoms with Gasteiger partial charge in [-0.15, -0.1) is 11.3 Å². The molecule has 0 aliphatic carbocycles. The lowest BCUT2D eigenvalue weighted by Gasteiger charge is -1.93. The van der Waals surface area contributed by atoms with Gasteiger partial charge in [-0.3, -0.25) is 4.68 Å². The normalized spacial score (nSPS) is 10.5. The van der Waals surface area contributed by atoms with Crippen LogP contribution in [-0.2, 0) is 6.54 Å². The number of hydrogen-bond donors (Lipinski definition) is 1. The number of thiophene rings is 1. The minimum atomic E-state index is 0.131. The highest BCUT2D eigenvalue weighted by atomic mass is 32.1. The number of nitrogens with zero attached hydrogens (tertiary/aromatic N) is 2. The number of aromatic nitrogens is 2. The maximum absolute atomic E-state index is 8.70. The minimum absolute atomic E-state index is 0.131. The van der Waals surface area contributed by atoms with Crippen LogP contribution in [0.25, 0.3) is 10.4 Å². The van der Waals surface area contributed by atoms with Gasteiger partial charge in [0.05, 0.1) is 19.3 Å². The fourth-order valence-corrected chi connectivity index (χ4v) is 1.86. The summed E-state index contributed by atoms with van der Waals surface area (Å²) >= 11 is 1.69. The van der Waals surface area contributed by atoms with Gasteiger partial charge in [0.15, 0.2) is 0 Å². The Bertz CT molecular complexity index is 367. The standard InChI is InChI=1S/C9H10N2OS/c12-4-3-11-7-8(6-10-11)9-2-1-5-13-9/h1-2,5-7,12H,3-4H2. The average molecular weight is 194 g/mol. The summed E-state index contributed by atoms with van der Waals surface area (Å²) in [4.78, 5) is 1.21. The predicted octanol–water partition coefficient (Wildman–Crippen LogP) is 1.60. The number of rotatable bonds is 3. The van der Waals surface area contributed by atoms with Crippen molar-refractivity contribution in [3.8, 4) is 10.4 Å². The van der Waals surface area contributed by atoms with Gasteiger partial charge in [-0.05, 0) is 11.4 Å². The van der Waals surface area contributed by atoms with Crippen LogP contribution in [0.15, 0.2) is 29.9 Å². The molecule has 0 aliphatic rings. The van der Waals surface area contributed by atoms with Gasteiger partial charge in [-0.1, -0.05) is 6.07 Å². The van der Waals surface area contributed by atoms with Crippen molar-refractivity contribution in [2.24, 2.45) is 0 Å². The first kappa shape index (κ1) is 8.47. The maximum atomic E-state index is 8.70. The summed E-state index contributed by atoms with van der Waals surface area (Å²) in [7, 11) is 0. The molecule has 2 aromatic rings. The van der Waals surface area contributed by atoms with E-state index in [1.807, 2.05) is 23.8 Å². The SMILES string of the molecule is OCCn1cc(-c2cccs2)cn1. The van der Waals surface area contributed by atoms with E-state index in [1.165, 1.54) is 4.88 Å². The number of hydrogen-bond acceptors (Lipinski definition) is 3. The molecular formula is C9H10N2OS. The second kappa shape index (κ2) is 3.72. The Morgan fingerprint density at radius 1 is 1.54 bits per heavy atom. The molecule has 0 saturated heterocycles. The summed E-state index contributed by atoms with van der Waals surface area (Å²) in [6.45, 7) is 0.691. The van der Waals surface area contributed by atoms with Crippen LogP contribution in [0.3, 0.4) is 0 Å². The molecule has 2 rings (SSSR count). The van der Waals surface area contributed by atoms with Crippen molar-refractivity contribution in [3.63, 3.8) is 0 Å². The quantitative estimate of drug-likeness (QED) is 0.806. The second-order valence-corrected chi connectivity index (χ2v) is 3.64. The monoisotopic (exact) mass is 194 g/mol. The molecule has 0 radical (unpaired) electrons. The summed E-state index contributed by atoms with van der Waals surface area (Å²) in [5, 5.41) is 14.9. The maximum Gasteiger partial charge on any atom is 0.0641 e. The Hall–Kier alpha value is -1.13. The lowest BCUT2D eigenvalue weighted by molar-refractivity contribution is 0.269. The van der Waals surface area contributed by atoms with Gasteiger partial charge in [-0.25, -0.2) is 0 Å². The molecule has 0 atom stereocenters. The molecule has 0 unspecified atom stereocenters. The Morgan fingerprint density at radius 2 is 2.46 bits per heavy atom. The van der Waals surface area contributed by atoms with Crippen LogP contribution in [-0.4, -0.2) is 21.5 Å². The highest BCUT2D eigenvalue weighted by Crippen LogP contribution is 2.23. The first-order chi connectivity index (χ1) is 6.40. The van der Waals surface area contributed by atoms with E-state index in [0.29, 0.717) is 6.54 Å². The van der Waals surface area contributed by atoms with Crippen molar-refractivity contribution in [1.82, 2.24) is 9.78 Å². The molecule has 0 spiro atoms. The summed E-state index contributed by atoms with van der Waals surface area (Å²) in [5.41, 5.74) is 1.11. The van der Waals surface area contributed by atoms with E-state index in [-0.39, 0.29) is 6.61 Å². The van der Waals surface area contributed by atoms with Gasteiger partial charge in [0.1, 0.15) is 0 Å². The fraction of sp³-hybridized carbons (Fsp3) is 0.222. The van der Waals surface area contributed by atoms with Gasteiger partial charge < -0.3 is 5.11 Å². The molecule has 2 aromatic heterocycles. The molecule has 4 heteroatoms. The van der Waals surface area contributed by atoms with Gasteiger partial charge in [0, 0.05) is 16.6 Å². The van der Waals surface area contributed by atoms with E-state index >= 15 is 0 Å². The van der Waals surface area contributed by atoms with E-state index in [4.69, 9.17) is 5.11 Å². The molecule has 13 heavy (non-hydrogen) atoms. The van der Waals surface area contributed by atoms with Crippen molar-refractivity contribution in [2.45, 2.75) is 6.54 Å². The van der Waals surface area contributed by atoms with Gasteiger partial charge in [0.2, 0.25) is 0 Å². The second-order valence-electron chi connectivity index (χ2n) is 2.69. The molecule has 68 valence electrons. The Kier molecular flexibility index (Phi) is 2.42. The largest absolute Gasteiger partial charge is 0.394 e. The highest BCUT2D eigenvalue weighted by Gasteiger charge is 2.01. The Balaban J connectivity index is 2.23. The average Bonchev–Trinajstić information content (AvgIpc) is 2.70. The van der Waals surface area contributed by atoms with Gasteiger partial charge in [-0.2, -0.15) is 5.10 Å². The van der Waals surface area contributed by atoms with Crippen LogP contribution < -0.4 is 0 Å². The molecule has 0 amide bonds. The molecule has 2 heterocycles. The molecule has 0 fully saturated rings. The topological polar surface area (TPSA) is 38.0 Å². The van der Waals surface area contributed by atoms with Crippen LogP contribution in [0.4, 0.5) is 0 Å². The molecule has 0 aromatic carbocycles. The smallest absolute Gasteiger partial charge is 0.0641 e. The summed E-state index contributed by atoms with van der Waals surface area (Å²) < 4.78 is 1.75. The van der Waals surface area contributed by atoms with E-state index < -0.39 is 0 Å². The zero-order chi connectivity index (χ0) is 9.10. The van der Waals surface area contributed by atoms with Crippen LogP contribution in [0, 0.1) is 0 Å². The zero-order valence-corrected chi connectivity index (χ0v) is 7.87. The molecule has 0 aliphatic heterocycles. The third-order valence-corrected chi connectivity index (χ3v) is 2.69. The van der Waals surface area contributed by atoms with E-state index in [2.05, 4.69) is 11.2 Å². The third kappa shape index (κ3) is 1.79. The van der Waals surface area contributed by atoms with Gasteiger partial charge in [0.25, 0.3) is 0 Å². The van der Waals surface area contributed by atoms with E-state index in [1.54, 1.807) is 16.0 Å². The van der Waals surface area contributed by atoms with Crippen molar-refractivity contribution >= 4 is 11.3 Å². The van der Waals surface area contributed by atoms with Crippen LogP contribution in [0.2, 0.25) is 0 Å².